The molecule has 0 fully saturated rings. The molecule has 0 bridgehead atoms. The Hall–Kier alpha value is -2.12. The van der Waals surface area contributed by atoms with Crippen molar-refractivity contribution in [1.29, 1.82) is 0 Å². The van der Waals surface area contributed by atoms with Crippen LogP contribution in [0.3, 0.4) is 0 Å². The number of nitrogens with zero attached hydrogens (tertiary/aromatic N) is 2. The minimum atomic E-state index is -4.89. The Bertz CT molecular complexity index is 556. The maximum atomic E-state index is 13.8. The zero-order valence-corrected chi connectivity index (χ0v) is 11.7. The van der Waals surface area contributed by atoms with Gasteiger partial charge < -0.3 is 9.80 Å². The minimum Gasteiger partial charge on any atom is -0.347 e. The molecule has 0 saturated carbocycles. The summed E-state index contributed by atoms with van der Waals surface area (Å²) < 4.78 is 51.6. The van der Waals surface area contributed by atoms with Crippen LogP contribution in [-0.2, 0) is 11.0 Å². The van der Waals surface area contributed by atoms with Crippen LogP contribution in [0.15, 0.2) is 18.2 Å². The molecule has 1 rings (SSSR count). The van der Waals surface area contributed by atoms with Gasteiger partial charge in [-0.3, -0.25) is 9.59 Å². The maximum Gasteiger partial charge on any atom is 0.419 e. The van der Waals surface area contributed by atoms with Crippen molar-refractivity contribution in [3.8, 4) is 0 Å². The molecular weight excluding hydrogens is 292 g/mol. The van der Waals surface area contributed by atoms with Gasteiger partial charge in [0.25, 0.3) is 5.91 Å². The summed E-state index contributed by atoms with van der Waals surface area (Å²) in [5.41, 5.74) is -2.24. The van der Waals surface area contributed by atoms with Crippen molar-refractivity contribution in [2.75, 3.05) is 27.7 Å². The van der Waals surface area contributed by atoms with E-state index in [1.807, 2.05) is 0 Å². The molecule has 0 radical (unpaired) electrons. The first kappa shape index (κ1) is 16.9. The van der Waals surface area contributed by atoms with E-state index in [1.165, 1.54) is 26.0 Å². The summed E-state index contributed by atoms with van der Waals surface area (Å²) in [4.78, 5) is 25.5. The second-order valence-electron chi connectivity index (χ2n) is 4.61. The first-order valence-electron chi connectivity index (χ1n) is 5.87. The summed E-state index contributed by atoms with van der Waals surface area (Å²) in [5, 5.41) is 0. The zero-order chi connectivity index (χ0) is 16.4. The summed E-state index contributed by atoms with van der Waals surface area (Å²) in [6.45, 7) is -0.360. The number of hydrogen-bond donors (Lipinski definition) is 0. The van der Waals surface area contributed by atoms with Crippen molar-refractivity contribution >= 4 is 11.8 Å². The van der Waals surface area contributed by atoms with Crippen LogP contribution in [0.4, 0.5) is 17.6 Å². The van der Waals surface area contributed by atoms with E-state index in [9.17, 15) is 27.2 Å². The Labute approximate surface area is 118 Å². The average molecular weight is 306 g/mol. The predicted molar refractivity (Wildman–Crippen MR) is 67.1 cm³/mol. The Morgan fingerprint density at radius 1 is 1.14 bits per heavy atom. The monoisotopic (exact) mass is 306 g/mol. The van der Waals surface area contributed by atoms with Crippen LogP contribution in [0.1, 0.15) is 15.9 Å². The molecule has 2 amide bonds. The van der Waals surface area contributed by atoms with Gasteiger partial charge in [-0.1, -0.05) is 6.07 Å². The lowest BCUT2D eigenvalue weighted by Gasteiger charge is -2.20. The molecule has 8 heteroatoms. The molecule has 21 heavy (non-hydrogen) atoms. The highest BCUT2D eigenvalue weighted by Crippen LogP contribution is 2.32. The van der Waals surface area contributed by atoms with E-state index in [-0.39, 0.29) is 6.54 Å². The molecule has 0 spiro atoms. The Balaban J connectivity index is 3.06. The number of carbonyl (C=O) groups is 2. The molecule has 0 atom stereocenters. The number of benzene rings is 1. The second-order valence-corrected chi connectivity index (χ2v) is 4.61. The van der Waals surface area contributed by atoms with E-state index >= 15 is 0 Å². The molecule has 1 aromatic rings. The van der Waals surface area contributed by atoms with Crippen molar-refractivity contribution in [2.45, 2.75) is 6.18 Å². The van der Waals surface area contributed by atoms with Crippen LogP contribution >= 0.6 is 0 Å². The zero-order valence-electron chi connectivity index (χ0n) is 11.7. The van der Waals surface area contributed by atoms with Crippen LogP contribution in [0.25, 0.3) is 0 Å². The number of amides is 2. The standard InChI is InChI=1S/C13H14F4N2O2/c1-18(2)10(20)7-19(3)12(21)8-5-4-6-9(11(8)14)13(15,16)17/h4-6H,7H2,1-3H3. The fraction of sp³-hybridized carbons (Fsp3) is 0.385. The molecule has 4 nitrogen and oxygen atoms in total. The molecule has 0 heterocycles. The van der Waals surface area contributed by atoms with Gasteiger partial charge in [0.2, 0.25) is 5.91 Å². The van der Waals surface area contributed by atoms with Crippen LogP contribution in [0.5, 0.6) is 0 Å². The average Bonchev–Trinajstić information content (AvgIpc) is 2.36. The number of rotatable bonds is 3. The third-order valence-corrected chi connectivity index (χ3v) is 2.75. The summed E-state index contributed by atoms with van der Waals surface area (Å²) in [7, 11) is 4.14. The summed E-state index contributed by atoms with van der Waals surface area (Å²) in [6.07, 6.45) is -4.89. The van der Waals surface area contributed by atoms with Gasteiger partial charge in [-0.05, 0) is 12.1 Å². The molecule has 116 valence electrons. The number of likely N-dealkylation sites (N-methyl/N-ethyl adjacent to an activating group) is 2. The molecule has 0 aromatic heterocycles. The summed E-state index contributed by atoms with van der Waals surface area (Å²) in [5.74, 6) is -3.06. The highest BCUT2D eigenvalue weighted by molar-refractivity contribution is 5.96. The molecule has 1 aromatic carbocycles. The first-order chi connectivity index (χ1) is 9.55. The highest BCUT2D eigenvalue weighted by atomic mass is 19.4. The first-order valence-corrected chi connectivity index (χ1v) is 5.87. The fourth-order valence-corrected chi connectivity index (χ4v) is 1.54. The smallest absolute Gasteiger partial charge is 0.347 e. The van der Waals surface area contributed by atoms with Crippen LogP contribution in [-0.4, -0.2) is 49.3 Å². The third-order valence-electron chi connectivity index (χ3n) is 2.75. The quantitative estimate of drug-likeness (QED) is 0.802. The van der Waals surface area contributed by atoms with E-state index in [1.54, 1.807) is 0 Å². The number of halogens is 4. The Kier molecular flexibility index (Phi) is 4.93. The lowest BCUT2D eigenvalue weighted by atomic mass is 10.1. The lowest BCUT2D eigenvalue weighted by molar-refractivity contribution is -0.140. The topological polar surface area (TPSA) is 40.6 Å². The van der Waals surface area contributed by atoms with Crippen molar-refractivity contribution in [2.24, 2.45) is 0 Å². The fourth-order valence-electron chi connectivity index (χ4n) is 1.54. The van der Waals surface area contributed by atoms with Gasteiger partial charge in [-0.15, -0.1) is 0 Å². The second kappa shape index (κ2) is 6.11. The lowest BCUT2D eigenvalue weighted by Crippen LogP contribution is -2.38. The third kappa shape index (κ3) is 3.93. The summed E-state index contributed by atoms with van der Waals surface area (Å²) >= 11 is 0. The van der Waals surface area contributed by atoms with Gasteiger partial charge in [0.05, 0.1) is 17.7 Å². The molecule has 0 unspecified atom stereocenters. The largest absolute Gasteiger partial charge is 0.419 e. The van der Waals surface area contributed by atoms with E-state index in [2.05, 4.69) is 0 Å². The van der Waals surface area contributed by atoms with Gasteiger partial charge >= 0.3 is 6.18 Å². The van der Waals surface area contributed by atoms with E-state index in [0.717, 1.165) is 17.0 Å². The molecule has 0 aliphatic heterocycles. The molecular formula is C13H14F4N2O2. The van der Waals surface area contributed by atoms with Gasteiger partial charge in [-0.25, -0.2) is 4.39 Å². The molecule has 0 saturated heterocycles. The summed E-state index contributed by atoms with van der Waals surface area (Å²) in [6, 6.07) is 2.45. The van der Waals surface area contributed by atoms with Crippen LogP contribution in [0.2, 0.25) is 0 Å². The highest BCUT2D eigenvalue weighted by Gasteiger charge is 2.36. The van der Waals surface area contributed by atoms with Crippen molar-refractivity contribution in [1.82, 2.24) is 9.80 Å². The van der Waals surface area contributed by atoms with Gasteiger partial charge in [0.15, 0.2) is 0 Å². The molecule has 0 aliphatic rings. The normalized spacial score (nSPS) is 11.2. The van der Waals surface area contributed by atoms with E-state index in [4.69, 9.17) is 0 Å². The number of hydrogen-bond acceptors (Lipinski definition) is 2. The maximum absolute atomic E-state index is 13.8. The molecule has 0 N–H and O–H groups in total. The van der Waals surface area contributed by atoms with Gasteiger partial charge in [0, 0.05) is 21.1 Å². The van der Waals surface area contributed by atoms with Gasteiger partial charge in [-0.2, -0.15) is 13.2 Å². The van der Waals surface area contributed by atoms with Gasteiger partial charge in [0.1, 0.15) is 5.82 Å². The number of alkyl halides is 3. The molecule has 0 aliphatic carbocycles. The van der Waals surface area contributed by atoms with E-state index in [0.29, 0.717) is 6.07 Å². The van der Waals surface area contributed by atoms with E-state index < -0.39 is 34.9 Å². The Morgan fingerprint density at radius 3 is 2.19 bits per heavy atom. The van der Waals surface area contributed by atoms with Crippen molar-refractivity contribution in [3.05, 3.63) is 35.1 Å². The van der Waals surface area contributed by atoms with Crippen LogP contribution in [0, 0.1) is 5.82 Å². The Morgan fingerprint density at radius 2 is 1.71 bits per heavy atom. The predicted octanol–water partition coefficient (Wildman–Crippen LogP) is 2.00. The number of carbonyl (C=O) groups excluding carboxylic acids is 2. The van der Waals surface area contributed by atoms with Crippen molar-refractivity contribution in [3.63, 3.8) is 0 Å². The minimum absolute atomic E-state index is 0.360. The van der Waals surface area contributed by atoms with Crippen LogP contribution < -0.4 is 0 Å². The SMILES string of the molecule is CN(C)C(=O)CN(C)C(=O)c1cccc(C(F)(F)F)c1F. The van der Waals surface area contributed by atoms with Crippen molar-refractivity contribution < 1.29 is 27.2 Å².